The first kappa shape index (κ1) is 14.1. The Morgan fingerprint density at radius 2 is 2.15 bits per heavy atom. The zero-order valence-electron chi connectivity index (χ0n) is 17.9. The lowest BCUT2D eigenvalue weighted by molar-refractivity contribution is -0.141. The Hall–Kier alpha value is -1.99. The third-order valence-corrected chi connectivity index (χ3v) is 6.72. The summed E-state index contributed by atoms with van der Waals surface area (Å²) in [5, 5.41) is 9.12. The van der Waals surface area contributed by atoms with Gasteiger partial charge in [-0.15, -0.1) is 0 Å². The van der Waals surface area contributed by atoms with E-state index >= 15 is 0 Å². The van der Waals surface area contributed by atoms with Crippen LogP contribution in [0.3, 0.4) is 0 Å². The van der Waals surface area contributed by atoms with E-state index in [1.807, 2.05) is 4.90 Å². The number of carboxylic acid groups (broad SMARTS) is 1. The molecule has 0 spiro atoms. The highest BCUT2D eigenvalue weighted by Gasteiger charge is 2.50. The smallest absolute Gasteiger partial charge is 0.303 e. The molecule has 2 aliphatic carbocycles. The van der Waals surface area contributed by atoms with Crippen molar-refractivity contribution in [2.24, 2.45) is 17.8 Å². The Morgan fingerprint density at radius 1 is 1.37 bits per heavy atom. The van der Waals surface area contributed by atoms with Crippen LogP contribution >= 0.6 is 0 Å². The second-order valence-electron chi connectivity index (χ2n) is 8.30. The van der Waals surface area contributed by atoms with Crippen molar-refractivity contribution in [3.63, 3.8) is 0 Å². The highest BCUT2D eigenvalue weighted by atomic mass is 19.3. The van der Waals surface area contributed by atoms with Crippen molar-refractivity contribution < 1.29 is 22.8 Å². The van der Waals surface area contributed by atoms with E-state index in [2.05, 4.69) is 9.97 Å². The van der Waals surface area contributed by atoms with Gasteiger partial charge in [-0.25, -0.2) is 4.98 Å². The molecule has 3 atom stereocenters. The van der Waals surface area contributed by atoms with Crippen LogP contribution in [0.25, 0.3) is 0 Å². The van der Waals surface area contributed by atoms with E-state index in [1.165, 1.54) is 4.90 Å². The number of piperidine rings is 2. The fourth-order valence-corrected chi connectivity index (χ4v) is 5.11. The summed E-state index contributed by atoms with van der Waals surface area (Å²) in [5.41, 5.74) is 0.172. The number of rotatable bonds is 4. The molecule has 1 aromatic rings. The van der Waals surface area contributed by atoms with E-state index in [4.69, 9.17) is 9.22 Å². The standard InChI is InChI=1S/C19H24F2N4O2/c1-10-3-5-25(10)18-22-16-13(2-4-19(16,20)21)17(23-18)24-8-11-6-12(9-24)14(11)7-15(26)27/h10-12,14H,2-9H2,1H3,(H,26,27)/i1D3. The number of carbonyl (C=O) groups is 1. The average molecular weight is 381 g/mol. The molecule has 6 rings (SSSR count). The SMILES string of the molecule is [2H]C([2H])([2H])C1CCN1c1nc(N2CC3CC(C2)C3CC(=O)O)c2c(n1)C(F)(F)CC2. The quantitative estimate of drug-likeness (QED) is 0.865. The fraction of sp³-hybridized carbons (Fsp3) is 0.737. The van der Waals surface area contributed by atoms with E-state index < -0.39 is 24.8 Å². The van der Waals surface area contributed by atoms with E-state index in [9.17, 15) is 13.6 Å². The minimum absolute atomic E-state index is 0.0685. The summed E-state index contributed by atoms with van der Waals surface area (Å²) in [6.45, 7) is -0.615. The number of carboxylic acids is 1. The van der Waals surface area contributed by atoms with Crippen LogP contribution < -0.4 is 9.80 Å². The number of hydrogen-bond acceptors (Lipinski definition) is 5. The van der Waals surface area contributed by atoms with Crippen molar-refractivity contribution in [1.82, 2.24) is 9.97 Å². The second-order valence-corrected chi connectivity index (χ2v) is 8.30. The average Bonchev–Trinajstić information content (AvgIpc) is 2.92. The molecule has 4 fully saturated rings. The van der Waals surface area contributed by atoms with Crippen LogP contribution in [-0.4, -0.2) is 46.7 Å². The first-order valence-corrected chi connectivity index (χ1v) is 9.57. The van der Waals surface area contributed by atoms with Crippen molar-refractivity contribution in [1.29, 1.82) is 0 Å². The second kappa shape index (κ2) is 5.75. The normalized spacial score (nSPS) is 35.4. The Bertz CT molecular complexity index is 885. The lowest BCUT2D eigenvalue weighted by atomic mass is 9.60. The minimum atomic E-state index is -3.05. The van der Waals surface area contributed by atoms with E-state index in [0.717, 1.165) is 6.42 Å². The van der Waals surface area contributed by atoms with Gasteiger partial charge in [-0.3, -0.25) is 4.79 Å². The Balaban J connectivity index is 1.47. The summed E-state index contributed by atoms with van der Waals surface area (Å²) >= 11 is 0. The van der Waals surface area contributed by atoms with Crippen molar-refractivity contribution in [3.8, 4) is 0 Å². The molecular formula is C19H24F2N4O2. The largest absolute Gasteiger partial charge is 0.481 e. The van der Waals surface area contributed by atoms with E-state index in [-0.39, 0.29) is 48.7 Å². The van der Waals surface area contributed by atoms with Crippen LogP contribution in [0.4, 0.5) is 20.5 Å². The molecule has 1 aromatic heterocycles. The number of aromatic nitrogens is 2. The number of hydrogen-bond donors (Lipinski definition) is 1. The number of alkyl halides is 2. The molecule has 8 heteroatoms. The lowest BCUT2D eigenvalue weighted by Crippen LogP contribution is -2.56. The monoisotopic (exact) mass is 381 g/mol. The highest BCUT2D eigenvalue weighted by molar-refractivity contribution is 5.67. The van der Waals surface area contributed by atoms with Gasteiger partial charge < -0.3 is 14.9 Å². The molecule has 27 heavy (non-hydrogen) atoms. The van der Waals surface area contributed by atoms with Crippen molar-refractivity contribution in [3.05, 3.63) is 11.3 Å². The summed E-state index contributed by atoms with van der Waals surface area (Å²) in [6.07, 6.45) is 1.41. The van der Waals surface area contributed by atoms with Crippen molar-refractivity contribution in [2.45, 2.75) is 50.9 Å². The van der Waals surface area contributed by atoms with Gasteiger partial charge in [0.05, 0.1) is 0 Å². The van der Waals surface area contributed by atoms with Crippen LogP contribution in [0.5, 0.6) is 0 Å². The van der Waals surface area contributed by atoms with Gasteiger partial charge in [0, 0.05) is 48.2 Å². The minimum Gasteiger partial charge on any atom is -0.481 e. The third kappa shape index (κ3) is 2.59. The van der Waals surface area contributed by atoms with Gasteiger partial charge in [-0.2, -0.15) is 13.8 Å². The van der Waals surface area contributed by atoms with E-state index in [1.54, 1.807) is 0 Å². The molecule has 1 saturated carbocycles. The number of halogens is 2. The Morgan fingerprint density at radius 3 is 2.78 bits per heavy atom. The molecule has 6 nitrogen and oxygen atoms in total. The molecule has 3 saturated heterocycles. The number of nitrogens with zero attached hydrogens (tertiary/aromatic N) is 4. The third-order valence-electron chi connectivity index (χ3n) is 6.72. The summed E-state index contributed by atoms with van der Waals surface area (Å²) in [6, 6.07) is -0.756. The van der Waals surface area contributed by atoms with Gasteiger partial charge in [0.25, 0.3) is 5.92 Å². The fourth-order valence-electron chi connectivity index (χ4n) is 5.11. The highest BCUT2D eigenvalue weighted by Crippen LogP contribution is 2.50. The van der Waals surface area contributed by atoms with Gasteiger partial charge >= 0.3 is 5.97 Å². The molecule has 0 amide bonds. The Labute approximate surface area is 160 Å². The summed E-state index contributed by atoms with van der Waals surface area (Å²) in [4.78, 5) is 23.4. The van der Waals surface area contributed by atoms with Gasteiger partial charge in [-0.05, 0) is 43.9 Å². The van der Waals surface area contributed by atoms with Gasteiger partial charge in [-0.1, -0.05) is 0 Å². The predicted molar refractivity (Wildman–Crippen MR) is 95.2 cm³/mol. The maximum absolute atomic E-state index is 14.6. The molecule has 2 bridgehead atoms. The van der Waals surface area contributed by atoms with Crippen LogP contribution in [0, 0.1) is 17.8 Å². The molecule has 0 radical (unpaired) electrons. The van der Waals surface area contributed by atoms with Crippen molar-refractivity contribution in [2.75, 3.05) is 29.4 Å². The molecular weight excluding hydrogens is 354 g/mol. The zero-order chi connectivity index (χ0) is 21.4. The number of fused-ring (bicyclic) bond motifs is 3. The summed E-state index contributed by atoms with van der Waals surface area (Å²) in [5.74, 6) is -2.74. The van der Waals surface area contributed by atoms with Gasteiger partial charge in [0.15, 0.2) is 0 Å². The van der Waals surface area contributed by atoms with Crippen LogP contribution in [0.15, 0.2) is 0 Å². The van der Waals surface area contributed by atoms with E-state index in [0.29, 0.717) is 37.4 Å². The zero-order valence-corrected chi connectivity index (χ0v) is 14.9. The van der Waals surface area contributed by atoms with Gasteiger partial charge in [0.2, 0.25) is 5.95 Å². The van der Waals surface area contributed by atoms with Crippen molar-refractivity contribution >= 4 is 17.7 Å². The first-order chi connectivity index (χ1) is 14.0. The summed E-state index contributed by atoms with van der Waals surface area (Å²) in [7, 11) is 0. The molecule has 3 aliphatic heterocycles. The van der Waals surface area contributed by atoms with Gasteiger partial charge in [0.1, 0.15) is 11.5 Å². The molecule has 3 unspecified atom stereocenters. The maximum Gasteiger partial charge on any atom is 0.303 e. The number of aliphatic carboxylic acids is 1. The first-order valence-electron chi connectivity index (χ1n) is 11.1. The molecule has 4 heterocycles. The number of anilines is 2. The molecule has 5 aliphatic rings. The predicted octanol–water partition coefficient (Wildman–Crippen LogP) is 2.66. The lowest BCUT2D eigenvalue weighted by Gasteiger charge is -2.54. The molecule has 1 N–H and O–H groups in total. The van der Waals surface area contributed by atoms with Crippen LogP contribution in [0.2, 0.25) is 0 Å². The molecule has 146 valence electrons. The topological polar surface area (TPSA) is 69.6 Å². The summed E-state index contributed by atoms with van der Waals surface area (Å²) < 4.78 is 52.2. The van der Waals surface area contributed by atoms with Crippen LogP contribution in [-0.2, 0) is 17.1 Å². The van der Waals surface area contributed by atoms with Crippen LogP contribution in [0.1, 0.15) is 47.9 Å². The maximum atomic E-state index is 14.6. The molecule has 0 aromatic carbocycles. The Kier molecular flexibility index (Phi) is 3.00.